The second kappa shape index (κ2) is 5.00. The quantitative estimate of drug-likeness (QED) is 0.858. The van der Waals surface area contributed by atoms with Crippen molar-refractivity contribution in [3.05, 3.63) is 35.4 Å². The Bertz CT molecular complexity index is 413. The lowest BCUT2D eigenvalue weighted by Gasteiger charge is -2.49. The summed E-state index contributed by atoms with van der Waals surface area (Å²) in [6, 6.07) is 8.81. The Morgan fingerprint density at radius 3 is 2.67 bits per heavy atom. The molecule has 98 valence electrons. The first-order chi connectivity index (χ1) is 8.72. The fraction of sp³-hybridized carbons (Fsp3) is 0.600. The highest BCUT2D eigenvalue weighted by Crippen LogP contribution is 2.20. The van der Waals surface area contributed by atoms with E-state index >= 15 is 0 Å². The van der Waals surface area contributed by atoms with Gasteiger partial charge in [-0.2, -0.15) is 0 Å². The van der Waals surface area contributed by atoms with Crippen LogP contribution < -0.4 is 0 Å². The molecule has 3 heteroatoms. The van der Waals surface area contributed by atoms with E-state index in [-0.39, 0.29) is 6.10 Å². The summed E-state index contributed by atoms with van der Waals surface area (Å²) < 4.78 is 0. The molecule has 1 aromatic rings. The van der Waals surface area contributed by atoms with Gasteiger partial charge in [0.1, 0.15) is 0 Å². The van der Waals surface area contributed by atoms with E-state index in [0.29, 0.717) is 6.04 Å². The Balaban J connectivity index is 1.66. The van der Waals surface area contributed by atoms with Crippen LogP contribution in [0.15, 0.2) is 24.3 Å². The summed E-state index contributed by atoms with van der Waals surface area (Å²) in [5, 5.41) is 10.5. The van der Waals surface area contributed by atoms with Crippen LogP contribution in [0.5, 0.6) is 0 Å². The Morgan fingerprint density at radius 1 is 1.28 bits per heavy atom. The summed E-state index contributed by atoms with van der Waals surface area (Å²) in [6.07, 6.45) is 0.534. The van der Waals surface area contributed by atoms with Crippen molar-refractivity contribution >= 4 is 0 Å². The van der Waals surface area contributed by atoms with Crippen molar-refractivity contribution in [2.45, 2.75) is 25.5 Å². The molecule has 2 bridgehead atoms. The maximum absolute atomic E-state index is 10.5. The monoisotopic (exact) mass is 246 g/mol. The molecule has 1 N–H and O–H groups in total. The molecule has 0 saturated carbocycles. The minimum Gasteiger partial charge on any atom is -0.391 e. The van der Waals surface area contributed by atoms with Crippen molar-refractivity contribution in [3.63, 3.8) is 0 Å². The first kappa shape index (κ1) is 12.2. The van der Waals surface area contributed by atoms with Gasteiger partial charge in [-0.25, -0.2) is 0 Å². The molecule has 3 fully saturated rings. The third kappa shape index (κ3) is 2.44. The molecule has 3 nitrogen and oxygen atoms in total. The molecular weight excluding hydrogens is 224 g/mol. The maximum Gasteiger partial charge on any atom is 0.0748 e. The van der Waals surface area contributed by atoms with Crippen LogP contribution in [0.3, 0.4) is 0 Å². The molecule has 2 atom stereocenters. The van der Waals surface area contributed by atoms with Crippen LogP contribution in [0, 0.1) is 6.92 Å². The second-order valence-corrected chi connectivity index (χ2v) is 5.66. The third-order valence-corrected chi connectivity index (χ3v) is 4.29. The van der Waals surface area contributed by atoms with Crippen LogP contribution in [0.25, 0.3) is 0 Å². The number of fused-ring (bicyclic) bond motifs is 3. The number of rotatable bonds is 3. The summed E-state index contributed by atoms with van der Waals surface area (Å²) in [5.74, 6) is 0. The zero-order valence-electron chi connectivity index (χ0n) is 11.0. The SMILES string of the molecule is Cc1cccc(CC(O)C2CN3CCN2CC3)c1. The normalized spacial score (nSPS) is 32.4. The minimum atomic E-state index is -0.241. The fourth-order valence-corrected chi connectivity index (χ4v) is 3.24. The Labute approximate surface area is 109 Å². The number of benzene rings is 1. The molecule has 3 aliphatic heterocycles. The summed E-state index contributed by atoms with van der Waals surface area (Å²) in [4.78, 5) is 4.94. The van der Waals surface area contributed by atoms with Crippen molar-refractivity contribution in [3.8, 4) is 0 Å². The second-order valence-electron chi connectivity index (χ2n) is 5.66. The van der Waals surface area contributed by atoms with Crippen molar-refractivity contribution in [1.82, 2.24) is 9.80 Å². The average Bonchev–Trinajstić information content (AvgIpc) is 2.40. The molecule has 0 spiro atoms. The fourth-order valence-electron chi connectivity index (χ4n) is 3.24. The van der Waals surface area contributed by atoms with E-state index in [4.69, 9.17) is 0 Å². The van der Waals surface area contributed by atoms with Crippen molar-refractivity contribution < 1.29 is 5.11 Å². The number of aliphatic hydroxyl groups is 1. The molecule has 0 aliphatic carbocycles. The van der Waals surface area contributed by atoms with Gasteiger partial charge in [-0.15, -0.1) is 0 Å². The molecule has 3 saturated heterocycles. The zero-order chi connectivity index (χ0) is 12.5. The van der Waals surface area contributed by atoms with Crippen molar-refractivity contribution in [2.24, 2.45) is 0 Å². The predicted octanol–water partition coefficient (Wildman–Crippen LogP) is 0.898. The van der Waals surface area contributed by atoms with Crippen LogP contribution in [0.4, 0.5) is 0 Å². The van der Waals surface area contributed by atoms with Crippen molar-refractivity contribution in [1.29, 1.82) is 0 Å². The van der Waals surface area contributed by atoms with Gasteiger partial charge in [0.05, 0.1) is 6.10 Å². The first-order valence-electron chi connectivity index (χ1n) is 6.92. The van der Waals surface area contributed by atoms with E-state index in [1.54, 1.807) is 0 Å². The van der Waals surface area contributed by atoms with Crippen LogP contribution >= 0.6 is 0 Å². The van der Waals surface area contributed by atoms with Crippen LogP contribution in [-0.4, -0.2) is 59.8 Å². The summed E-state index contributed by atoms with van der Waals surface area (Å²) in [6.45, 7) is 7.73. The molecule has 3 aliphatic rings. The molecule has 18 heavy (non-hydrogen) atoms. The van der Waals surface area contributed by atoms with Gasteiger partial charge in [-0.05, 0) is 18.9 Å². The number of aliphatic hydroxyl groups excluding tert-OH is 1. The van der Waals surface area contributed by atoms with Gasteiger partial charge < -0.3 is 5.11 Å². The maximum atomic E-state index is 10.5. The van der Waals surface area contributed by atoms with Crippen LogP contribution in [-0.2, 0) is 6.42 Å². The molecule has 0 radical (unpaired) electrons. The van der Waals surface area contributed by atoms with E-state index in [2.05, 4.69) is 41.0 Å². The largest absolute Gasteiger partial charge is 0.391 e. The van der Waals surface area contributed by atoms with E-state index in [0.717, 1.165) is 26.1 Å². The molecule has 0 aromatic heterocycles. The van der Waals surface area contributed by atoms with Gasteiger partial charge in [0.2, 0.25) is 0 Å². The molecule has 3 heterocycles. The standard InChI is InChI=1S/C15H22N2O/c1-12-3-2-4-13(9-12)10-15(18)14-11-16-5-7-17(14)8-6-16/h2-4,9,14-15,18H,5-8,10-11H2,1H3. The summed E-state index contributed by atoms with van der Waals surface area (Å²) in [7, 11) is 0. The molecular formula is C15H22N2O. The first-order valence-corrected chi connectivity index (χ1v) is 6.92. The van der Waals surface area contributed by atoms with Gasteiger partial charge in [0.15, 0.2) is 0 Å². The van der Waals surface area contributed by atoms with E-state index in [1.165, 1.54) is 24.2 Å². The molecule has 4 rings (SSSR count). The number of hydrogen-bond acceptors (Lipinski definition) is 3. The highest BCUT2D eigenvalue weighted by Gasteiger charge is 2.35. The van der Waals surface area contributed by atoms with E-state index < -0.39 is 0 Å². The zero-order valence-corrected chi connectivity index (χ0v) is 11.0. The Morgan fingerprint density at radius 2 is 2.06 bits per heavy atom. The summed E-state index contributed by atoms with van der Waals surface area (Å²) >= 11 is 0. The van der Waals surface area contributed by atoms with Gasteiger partial charge in [0, 0.05) is 38.8 Å². The molecule has 2 unspecified atom stereocenters. The number of piperazine rings is 3. The highest BCUT2D eigenvalue weighted by molar-refractivity contribution is 5.23. The Kier molecular flexibility index (Phi) is 3.37. The van der Waals surface area contributed by atoms with Crippen LogP contribution in [0.2, 0.25) is 0 Å². The lowest BCUT2D eigenvalue weighted by molar-refractivity contribution is -0.0453. The molecule has 0 amide bonds. The highest BCUT2D eigenvalue weighted by atomic mass is 16.3. The van der Waals surface area contributed by atoms with Crippen LogP contribution in [0.1, 0.15) is 11.1 Å². The van der Waals surface area contributed by atoms with E-state index in [1.807, 2.05) is 0 Å². The van der Waals surface area contributed by atoms with Gasteiger partial charge in [-0.3, -0.25) is 9.80 Å². The number of nitrogens with zero attached hydrogens (tertiary/aromatic N) is 2. The van der Waals surface area contributed by atoms with Gasteiger partial charge in [-0.1, -0.05) is 29.8 Å². The van der Waals surface area contributed by atoms with Crippen molar-refractivity contribution in [2.75, 3.05) is 32.7 Å². The topological polar surface area (TPSA) is 26.7 Å². The summed E-state index contributed by atoms with van der Waals surface area (Å²) in [5.41, 5.74) is 2.52. The lowest BCUT2D eigenvalue weighted by atomic mass is 9.96. The van der Waals surface area contributed by atoms with Gasteiger partial charge >= 0.3 is 0 Å². The average molecular weight is 246 g/mol. The van der Waals surface area contributed by atoms with Gasteiger partial charge in [0.25, 0.3) is 0 Å². The number of hydrogen-bond donors (Lipinski definition) is 1. The third-order valence-electron chi connectivity index (χ3n) is 4.29. The minimum absolute atomic E-state index is 0.241. The number of aryl methyl sites for hydroxylation is 1. The molecule has 1 aromatic carbocycles. The Hall–Kier alpha value is -0.900. The smallest absolute Gasteiger partial charge is 0.0748 e. The van der Waals surface area contributed by atoms with E-state index in [9.17, 15) is 5.11 Å². The predicted molar refractivity (Wildman–Crippen MR) is 72.7 cm³/mol. The lowest BCUT2D eigenvalue weighted by Crippen LogP contribution is -2.64.